The number of phenolic OH excluding ortho intramolecular Hbond substituents is 1. The van der Waals surface area contributed by atoms with Crippen LogP contribution in [0, 0.1) is 0 Å². The minimum Gasteiger partial charge on any atom is -0.508 e. The predicted octanol–water partition coefficient (Wildman–Crippen LogP) is -0.646. The zero-order chi connectivity index (χ0) is 27.5. The molecule has 0 aliphatic rings. The highest BCUT2D eigenvalue weighted by Crippen LogP contribution is 2.12. The lowest BCUT2D eigenvalue weighted by molar-refractivity contribution is -0.142. The molecular weight excluding hydrogens is 500 g/mol. The average molecular weight is 533 g/mol. The zero-order valence-electron chi connectivity index (χ0n) is 20.2. The summed E-state index contributed by atoms with van der Waals surface area (Å²) < 4.78 is 0. The SMILES string of the molecule is CC(O)C(N)C(=O)NC(CS)C(=O)NC(Cc1ccccc1)C(=O)NC(Cc1ccc(O)cc1)C(=O)O. The topological polar surface area (TPSA) is 191 Å². The number of carbonyl (C=O) groups is 4. The Morgan fingerprint density at radius 1 is 0.811 bits per heavy atom. The summed E-state index contributed by atoms with van der Waals surface area (Å²) in [6, 6.07) is 9.76. The van der Waals surface area contributed by atoms with Gasteiger partial charge in [0.15, 0.2) is 0 Å². The van der Waals surface area contributed by atoms with Gasteiger partial charge in [0.1, 0.15) is 29.9 Å². The van der Waals surface area contributed by atoms with Crippen LogP contribution in [0.4, 0.5) is 0 Å². The maximum atomic E-state index is 13.2. The summed E-state index contributed by atoms with van der Waals surface area (Å²) in [4.78, 5) is 50.2. The van der Waals surface area contributed by atoms with Crippen LogP contribution in [-0.4, -0.2) is 75.0 Å². The number of aromatic hydroxyl groups is 1. The highest BCUT2D eigenvalue weighted by Gasteiger charge is 2.30. The molecule has 5 atom stereocenters. The molecule has 0 radical (unpaired) electrons. The number of thiol groups is 1. The fourth-order valence-corrected chi connectivity index (χ4v) is 3.61. The van der Waals surface area contributed by atoms with E-state index in [0.717, 1.165) is 0 Å². The number of aliphatic hydroxyl groups excluding tert-OH is 1. The van der Waals surface area contributed by atoms with Gasteiger partial charge in [0, 0.05) is 18.6 Å². The third-order valence-corrected chi connectivity index (χ3v) is 5.91. The van der Waals surface area contributed by atoms with Crippen LogP contribution in [0.3, 0.4) is 0 Å². The van der Waals surface area contributed by atoms with Crippen molar-refractivity contribution in [3.8, 4) is 5.75 Å². The number of carboxylic acids is 1. The summed E-state index contributed by atoms with van der Waals surface area (Å²) in [5, 5.41) is 36.1. The lowest BCUT2D eigenvalue weighted by Crippen LogP contribution is -2.59. The number of hydrogen-bond donors (Lipinski definition) is 8. The Labute approximate surface area is 219 Å². The third kappa shape index (κ3) is 9.41. The van der Waals surface area contributed by atoms with E-state index in [1.54, 1.807) is 42.5 Å². The van der Waals surface area contributed by atoms with Gasteiger partial charge in [-0.15, -0.1) is 0 Å². The number of nitrogens with one attached hydrogen (secondary N) is 3. The lowest BCUT2D eigenvalue weighted by Gasteiger charge is -2.25. The maximum Gasteiger partial charge on any atom is 0.326 e. The molecule has 0 saturated heterocycles. The number of aliphatic hydroxyl groups is 1. The average Bonchev–Trinajstić information content (AvgIpc) is 2.87. The lowest BCUT2D eigenvalue weighted by atomic mass is 10.0. The highest BCUT2D eigenvalue weighted by atomic mass is 32.1. The van der Waals surface area contributed by atoms with Crippen LogP contribution in [0.1, 0.15) is 18.1 Å². The number of aliphatic carboxylic acids is 1. The van der Waals surface area contributed by atoms with Gasteiger partial charge >= 0.3 is 5.97 Å². The maximum absolute atomic E-state index is 13.2. The zero-order valence-corrected chi connectivity index (χ0v) is 21.1. The van der Waals surface area contributed by atoms with Crippen LogP contribution in [0.2, 0.25) is 0 Å². The second kappa shape index (κ2) is 14.2. The molecule has 200 valence electrons. The minimum absolute atomic E-state index is 0.0190. The Balaban J connectivity index is 2.20. The standard InChI is InChI=1S/C25H32N4O7S/c1-14(30)21(26)24(34)29-20(13-37)23(33)27-18(11-15-5-3-2-4-6-15)22(32)28-19(25(35)36)12-16-7-9-17(31)10-8-16/h2-10,14,18-21,30-31,37H,11-13,26H2,1H3,(H,27,33)(H,28,32)(H,29,34)(H,35,36). The summed E-state index contributed by atoms with van der Waals surface area (Å²) in [6.07, 6.45) is -1.16. The Kier molecular flexibility index (Phi) is 11.4. The van der Waals surface area contributed by atoms with Crippen LogP contribution in [0.15, 0.2) is 54.6 Å². The third-order valence-electron chi connectivity index (χ3n) is 5.54. The fraction of sp³-hybridized carbons (Fsp3) is 0.360. The molecule has 12 heteroatoms. The number of benzene rings is 2. The molecule has 0 aliphatic heterocycles. The first-order chi connectivity index (χ1) is 17.5. The molecule has 0 bridgehead atoms. The van der Waals surface area contributed by atoms with Crippen molar-refractivity contribution >= 4 is 36.3 Å². The quantitative estimate of drug-likeness (QED) is 0.156. The summed E-state index contributed by atoms with van der Waals surface area (Å²) in [5.74, 6) is -3.63. The van der Waals surface area contributed by atoms with Gasteiger partial charge < -0.3 is 37.0 Å². The number of amides is 3. The van der Waals surface area contributed by atoms with Gasteiger partial charge in [-0.05, 0) is 30.2 Å². The molecule has 0 fully saturated rings. The second-order valence-electron chi connectivity index (χ2n) is 8.53. The largest absolute Gasteiger partial charge is 0.508 e. The van der Waals surface area contributed by atoms with Gasteiger partial charge in [-0.1, -0.05) is 42.5 Å². The summed E-state index contributed by atoms with van der Waals surface area (Å²) in [7, 11) is 0. The highest BCUT2D eigenvalue weighted by molar-refractivity contribution is 7.80. The predicted molar refractivity (Wildman–Crippen MR) is 139 cm³/mol. The van der Waals surface area contributed by atoms with Crippen molar-refractivity contribution < 1.29 is 34.5 Å². The number of rotatable bonds is 13. The van der Waals surface area contributed by atoms with Gasteiger partial charge in [0.05, 0.1) is 6.10 Å². The Bertz CT molecular complexity index is 1070. The summed E-state index contributed by atoms with van der Waals surface area (Å²) in [6.45, 7) is 1.33. The molecule has 2 rings (SSSR count). The van der Waals surface area contributed by atoms with Crippen molar-refractivity contribution in [3.05, 3.63) is 65.7 Å². The molecule has 0 spiro atoms. The summed E-state index contributed by atoms with van der Waals surface area (Å²) in [5.41, 5.74) is 6.89. The molecule has 2 aromatic carbocycles. The molecule has 5 unspecified atom stereocenters. The number of phenols is 1. The molecule has 37 heavy (non-hydrogen) atoms. The van der Waals surface area contributed by atoms with E-state index >= 15 is 0 Å². The molecule has 0 aliphatic carbocycles. The second-order valence-corrected chi connectivity index (χ2v) is 8.90. The van der Waals surface area contributed by atoms with E-state index in [9.17, 15) is 34.5 Å². The van der Waals surface area contributed by atoms with Gasteiger partial charge in [-0.3, -0.25) is 14.4 Å². The number of carbonyl (C=O) groups excluding carboxylic acids is 3. The molecule has 8 N–H and O–H groups in total. The first kappa shape index (κ1) is 29.6. The van der Waals surface area contributed by atoms with Crippen LogP contribution in [-0.2, 0) is 32.0 Å². The Hall–Kier alpha value is -3.61. The molecule has 3 amide bonds. The van der Waals surface area contributed by atoms with Crippen molar-refractivity contribution in [2.24, 2.45) is 5.73 Å². The minimum atomic E-state index is -1.31. The van der Waals surface area contributed by atoms with E-state index in [-0.39, 0.29) is 24.3 Å². The van der Waals surface area contributed by atoms with Crippen molar-refractivity contribution in [1.29, 1.82) is 0 Å². The van der Waals surface area contributed by atoms with E-state index in [2.05, 4.69) is 28.6 Å². The van der Waals surface area contributed by atoms with Crippen LogP contribution < -0.4 is 21.7 Å². The van der Waals surface area contributed by atoms with Crippen molar-refractivity contribution in [3.63, 3.8) is 0 Å². The molecule has 11 nitrogen and oxygen atoms in total. The summed E-state index contributed by atoms with van der Waals surface area (Å²) >= 11 is 4.09. The van der Waals surface area contributed by atoms with Crippen LogP contribution >= 0.6 is 12.6 Å². The van der Waals surface area contributed by atoms with Crippen molar-refractivity contribution in [1.82, 2.24) is 16.0 Å². The molecular formula is C25H32N4O7S. The van der Waals surface area contributed by atoms with Gasteiger partial charge in [-0.25, -0.2) is 4.79 Å². The van der Waals surface area contributed by atoms with Gasteiger partial charge in [-0.2, -0.15) is 12.6 Å². The smallest absolute Gasteiger partial charge is 0.326 e. The molecule has 0 heterocycles. The van der Waals surface area contributed by atoms with E-state index in [1.165, 1.54) is 19.1 Å². The van der Waals surface area contributed by atoms with Crippen molar-refractivity contribution in [2.75, 3.05) is 5.75 Å². The van der Waals surface area contributed by atoms with Gasteiger partial charge in [0.2, 0.25) is 17.7 Å². The van der Waals surface area contributed by atoms with Crippen LogP contribution in [0.5, 0.6) is 5.75 Å². The first-order valence-corrected chi connectivity index (χ1v) is 12.1. The normalized spacial score (nSPS) is 14.9. The van der Waals surface area contributed by atoms with E-state index in [4.69, 9.17) is 5.73 Å². The molecule has 2 aromatic rings. The van der Waals surface area contributed by atoms with E-state index in [0.29, 0.717) is 11.1 Å². The number of nitrogens with two attached hydrogens (primary N) is 1. The molecule has 0 saturated carbocycles. The molecule has 0 aromatic heterocycles. The number of carboxylic acid groups (broad SMARTS) is 1. The first-order valence-electron chi connectivity index (χ1n) is 11.5. The van der Waals surface area contributed by atoms with E-state index in [1.807, 2.05) is 0 Å². The monoisotopic (exact) mass is 532 g/mol. The fourth-order valence-electron chi connectivity index (χ4n) is 3.35. The van der Waals surface area contributed by atoms with E-state index < -0.39 is 54.0 Å². The Morgan fingerprint density at radius 2 is 1.30 bits per heavy atom. The van der Waals surface area contributed by atoms with Crippen molar-refractivity contribution in [2.45, 2.75) is 50.0 Å². The Morgan fingerprint density at radius 3 is 1.84 bits per heavy atom. The van der Waals surface area contributed by atoms with Crippen LogP contribution in [0.25, 0.3) is 0 Å². The van der Waals surface area contributed by atoms with Gasteiger partial charge in [0.25, 0.3) is 0 Å². The number of hydrogen-bond acceptors (Lipinski definition) is 8.